The quantitative estimate of drug-likeness (QED) is 0.727. The van der Waals surface area contributed by atoms with Crippen LogP contribution in [-0.2, 0) is 6.42 Å². The molecule has 0 N–H and O–H groups in total. The third-order valence-corrected chi connectivity index (χ3v) is 4.58. The molecule has 1 aromatic heterocycles. The van der Waals surface area contributed by atoms with Gasteiger partial charge in [-0.3, -0.25) is 4.79 Å². The van der Waals surface area contributed by atoms with Gasteiger partial charge < -0.3 is 4.42 Å². The van der Waals surface area contributed by atoms with Gasteiger partial charge in [0, 0.05) is 12.3 Å². The Morgan fingerprint density at radius 1 is 1.21 bits per heavy atom. The predicted octanol–water partition coefficient (Wildman–Crippen LogP) is 4.88. The Morgan fingerprint density at radius 2 is 1.84 bits per heavy atom. The van der Waals surface area contributed by atoms with Gasteiger partial charge in [0.25, 0.3) is 0 Å². The molecule has 0 atom stereocenters. The van der Waals surface area contributed by atoms with Crippen molar-refractivity contribution >= 4 is 5.78 Å². The summed E-state index contributed by atoms with van der Waals surface area (Å²) in [7, 11) is 0. The smallest absolute Gasteiger partial charge is 0.201 e. The molecule has 1 aliphatic carbocycles. The highest BCUT2D eigenvalue weighted by atomic mass is 16.3. The Bertz CT molecular complexity index is 428. The molecule has 0 spiro atoms. The summed E-state index contributed by atoms with van der Waals surface area (Å²) < 4.78 is 5.59. The fourth-order valence-corrected chi connectivity index (χ4v) is 3.12. The molecule has 19 heavy (non-hydrogen) atoms. The molecule has 0 aliphatic heterocycles. The topological polar surface area (TPSA) is 30.2 Å². The second-order valence-corrected chi connectivity index (χ2v) is 6.90. The Labute approximate surface area is 116 Å². The lowest BCUT2D eigenvalue weighted by atomic mass is 9.69. The summed E-state index contributed by atoms with van der Waals surface area (Å²) in [5, 5.41) is 0. The summed E-state index contributed by atoms with van der Waals surface area (Å²) in [4.78, 5) is 12.4. The lowest BCUT2D eigenvalue weighted by Gasteiger charge is -2.36. The van der Waals surface area contributed by atoms with Crippen LogP contribution in [-0.4, -0.2) is 5.78 Å². The van der Waals surface area contributed by atoms with Crippen molar-refractivity contribution < 1.29 is 9.21 Å². The number of furan rings is 1. The molecule has 1 aliphatic rings. The Hall–Kier alpha value is -1.05. The molecule has 0 unspecified atom stereocenters. The van der Waals surface area contributed by atoms with Crippen LogP contribution in [0.25, 0.3) is 0 Å². The van der Waals surface area contributed by atoms with Crippen molar-refractivity contribution in [2.75, 3.05) is 0 Å². The standard InChI is InChI=1S/C17H26O2/c1-5-14-10-11-15(19-14)16(18)12-6-8-13(9-7-12)17(2,3)4/h10-13H,5-9H2,1-4H3. The first-order valence-electron chi connectivity index (χ1n) is 7.54. The van der Waals surface area contributed by atoms with Crippen LogP contribution in [0.1, 0.15) is 69.7 Å². The third kappa shape index (κ3) is 3.29. The van der Waals surface area contributed by atoms with E-state index >= 15 is 0 Å². The van der Waals surface area contributed by atoms with Gasteiger partial charge in [-0.15, -0.1) is 0 Å². The fourth-order valence-electron chi connectivity index (χ4n) is 3.12. The average molecular weight is 262 g/mol. The van der Waals surface area contributed by atoms with Crippen molar-refractivity contribution in [3.63, 3.8) is 0 Å². The number of ketones is 1. The SMILES string of the molecule is CCc1ccc(C(=O)C2CCC(C(C)(C)C)CC2)o1. The number of aryl methyl sites for hydroxylation is 1. The number of hydrogen-bond acceptors (Lipinski definition) is 2. The molecule has 2 nitrogen and oxygen atoms in total. The maximum atomic E-state index is 12.4. The summed E-state index contributed by atoms with van der Waals surface area (Å²) in [5.74, 6) is 2.61. The molecule has 2 rings (SSSR count). The zero-order valence-electron chi connectivity index (χ0n) is 12.7. The molecule has 0 aromatic carbocycles. The van der Waals surface area contributed by atoms with E-state index in [1.165, 1.54) is 12.8 Å². The number of hydrogen-bond donors (Lipinski definition) is 0. The largest absolute Gasteiger partial charge is 0.458 e. The summed E-state index contributed by atoms with van der Waals surface area (Å²) >= 11 is 0. The molecular weight excluding hydrogens is 236 g/mol. The number of rotatable bonds is 3. The zero-order valence-corrected chi connectivity index (χ0v) is 12.7. The van der Waals surface area contributed by atoms with Gasteiger partial charge in [0.2, 0.25) is 5.78 Å². The van der Waals surface area contributed by atoms with Crippen molar-refractivity contribution in [2.45, 2.75) is 59.8 Å². The van der Waals surface area contributed by atoms with Gasteiger partial charge in [-0.25, -0.2) is 0 Å². The normalized spacial score (nSPS) is 24.4. The molecular formula is C17H26O2. The molecule has 1 saturated carbocycles. The first kappa shape index (κ1) is 14.4. The maximum Gasteiger partial charge on any atom is 0.201 e. The van der Waals surface area contributed by atoms with Crippen molar-refractivity contribution in [3.05, 3.63) is 23.7 Å². The van der Waals surface area contributed by atoms with Gasteiger partial charge in [-0.1, -0.05) is 27.7 Å². The number of carbonyl (C=O) groups is 1. The summed E-state index contributed by atoms with van der Waals surface area (Å²) in [5.41, 5.74) is 0.369. The number of carbonyl (C=O) groups excluding carboxylic acids is 1. The highest BCUT2D eigenvalue weighted by Crippen LogP contribution is 2.40. The first-order chi connectivity index (χ1) is 8.91. The lowest BCUT2D eigenvalue weighted by Crippen LogP contribution is -2.28. The van der Waals surface area contributed by atoms with Gasteiger partial charge >= 0.3 is 0 Å². The Balaban J connectivity index is 1.96. The van der Waals surface area contributed by atoms with Crippen LogP contribution in [0, 0.1) is 17.3 Å². The minimum atomic E-state index is 0.175. The third-order valence-electron chi connectivity index (χ3n) is 4.58. The summed E-state index contributed by atoms with van der Waals surface area (Å²) in [6.07, 6.45) is 5.22. The van der Waals surface area contributed by atoms with Crippen molar-refractivity contribution in [1.29, 1.82) is 0 Å². The average Bonchev–Trinajstić information content (AvgIpc) is 2.86. The van der Waals surface area contributed by atoms with Crippen molar-refractivity contribution in [1.82, 2.24) is 0 Å². The van der Waals surface area contributed by atoms with E-state index in [1.54, 1.807) is 0 Å². The second kappa shape index (κ2) is 5.52. The Kier molecular flexibility index (Phi) is 4.17. The maximum absolute atomic E-state index is 12.4. The zero-order chi connectivity index (χ0) is 14.0. The van der Waals surface area contributed by atoms with Crippen LogP contribution in [0.15, 0.2) is 16.5 Å². The van der Waals surface area contributed by atoms with E-state index in [0.717, 1.165) is 30.9 Å². The van der Waals surface area contributed by atoms with E-state index in [9.17, 15) is 4.79 Å². The summed E-state index contributed by atoms with van der Waals surface area (Å²) in [6.45, 7) is 8.96. The van der Waals surface area contributed by atoms with Gasteiger partial charge in [-0.05, 0) is 49.1 Å². The van der Waals surface area contributed by atoms with Gasteiger partial charge in [-0.2, -0.15) is 0 Å². The molecule has 0 amide bonds. The molecule has 2 heteroatoms. The summed E-state index contributed by atoms with van der Waals surface area (Å²) in [6, 6.07) is 3.77. The van der Waals surface area contributed by atoms with E-state index < -0.39 is 0 Å². The Morgan fingerprint density at radius 3 is 2.32 bits per heavy atom. The van der Waals surface area contributed by atoms with Gasteiger partial charge in [0.1, 0.15) is 5.76 Å². The van der Waals surface area contributed by atoms with E-state index in [1.807, 2.05) is 19.1 Å². The van der Waals surface area contributed by atoms with E-state index in [-0.39, 0.29) is 11.7 Å². The number of Topliss-reactive ketones (excluding diaryl/α,β-unsaturated/α-hetero) is 1. The van der Waals surface area contributed by atoms with Crippen molar-refractivity contribution in [2.24, 2.45) is 17.3 Å². The van der Waals surface area contributed by atoms with E-state index in [4.69, 9.17) is 4.42 Å². The molecule has 0 bridgehead atoms. The van der Waals surface area contributed by atoms with E-state index in [0.29, 0.717) is 11.2 Å². The van der Waals surface area contributed by atoms with Crippen LogP contribution in [0.4, 0.5) is 0 Å². The van der Waals surface area contributed by atoms with Crippen molar-refractivity contribution in [3.8, 4) is 0 Å². The van der Waals surface area contributed by atoms with Crippen LogP contribution >= 0.6 is 0 Å². The molecule has 1 fully saturated rings. The predicted molar refractivity (Wildman–Crippen MR) is 77.3 cm³/mol. The van der Waals surface area contributed by atoms with Gasteiger partial charge in [0.15, 0.2) is 5.76 Å². The highest BCUT2D eigenvalue weighted by molar-refractivity contribution is 5.95. The van der Waals surface area contributed by atoms with Gasteiger partial charge in [0.05, 0.1) is 0 Å². The highest BCUT2D eigenvalue weighted by Gasteiger charge is 2.33. The first-order valence-corrected chi connectivity index (χ1v) is 7.54. The fraction of sp³-hybridized carbons (Fsp3) is 0.706. The second-order valence-electron chi connectivity index (χ2n) is 6.90. The van der Waals surface area contributed by atoms with Crippen LogP contribution in [0.3, 0.4) is 0 Å². The van der Waals surface area contributed by atoms with Crippen LogP contribution < -0.4 is 0 Å². The minimum Gasteiger partial charge on any atom is -0.458 e. The van der Waals surface area contributed by atoms with E-state index in [2.05, 4.69) is 20.8 Å². The van der Waals surface area contributed by atoms with Crippen LogP contribution in [0.5, 0.6) is 0 Å². The lowest BCUT2D eigenvalue weighted by molar-refractivity contribution is 0.0790. The van der Waals surface area contributed by atoms with Crippen LogP contribution in [0.2, 0.25) is 0 Å². The molecule has 1 heterocycles. The monoisotopic (exact) mass is 262 g/mol. The molecule has 1 aromatic rings. The molecule has 106 valence electrons. The minimum absolute atomic E-state index is 0.175. The molecule has 0 saturated heterocycles. The molecule has 0 radical (unpaired) electrons.